The molecule has 0 aromatic heterocycles. The first-order valence-corrected chi connectivity index (χ1v) is 4.42. The second-order valence-electron chi connectivity index (χ2n) is 3.05. The van der Waals surface area contributed by atoms with Crippen molar-refractivity contribution in [2.45, 2.75) is 6.92 Å². The minimum Gasteiger partial charge on any atom is -0.454 e. The molecule has 0 spiro atoms. The van der Waals surface area contributed by atoms with Gasteiger partial charge in [-0.25, -0.2) is 4.79 Å². The number of hydrogen-bond acceptors (Lipinski definition) is 5. The zero-order valence-corrected chi connectivity index (χ0v) is 8.50. The maximum atomic E-state index is 11.4. The van der Waals surface area contributed by atoms with Crippen LogP contribution >= 0.6 is 0 Å². The Hall–Kier alpha value is -2.24. The van der Waals surface area contributed by atoms with Gasteiger partial charge in [0.15, 0.2) is 5.78 Å². The van der Waals surface area contributed by atoms with Gasteiger partial charge in [-0.05, 0) is 13.0 Å². The van der Waals surface area contributed by atoms with Gasteiger partial charge in [-0.2, -0.15) is 0 Å². The van der Waals surface area contributed by atoms with Crippen molar-refractivity contribution in [3.8, 4) is 0 Å². The molecule has 0 amide bonds. The number of benzene rings is 1. The first-order chi connectivity index (χ1) is 7.52. The highest BCUT2D eigenvalue weighted by molar-refractivity contribution is 5.95. The molecule has 0 bridgehead atoms. The van der Waals surface area contributed by atoms with Crippen LogP contribution in [0.3, 0.4) is 0 Å². The number of Topliss-reactive ketones (excluding diaryl/α,β-unsaturated/α-hetero) is 1. The fraction of sp³-hybridized carbons (Fsp3) is 0.200. The van der Waals surface area contributed by atoms with E-state index >= 15 is 0 Å². The molecule has 0 aliphatic heterocycles. The molecule has 16 heavy (non-hydrogen) atoms. The molecule has 1 aromatic rings. The Morgan fingerprint density at radius 1 is 1.38 bits per heavy atom. The molecule has 84 valence electrons. The van der Waals surface area contributed by atoms with E-state index in [1.807, 2.05) is 0 Å². The molecule has 0 saturated heterocycles. The predicted octanol–water partition coefficient (Wildman–Crippen LogP) is 1.34. The van der Waals surface area contributed by atoms with Gasteiger partial charge in [0, 0.05) is 6.07 Å². The molecule has 0 aliphatic rings. The van der Waals surface area contributed by atoms with Gasteiger partial charge in [-0.15, -0.1) is 0 Å². The normalized spacial score (nSPS) is 9.56. The number of nitrogens with zero attached hydrogens (tertiary/aromatic N) is 1. The lowest BCUT2D eigenvalue weighted by Crippen LogP contribution is -2.12. The highest BCUT2D eigenvalue weighted by atomic mass is 16.6. The topological polar surface area (TPSA) is 86.5 Å². The maximum Gasteiger partial charge on any atom is 0.345 e. The number of carbonyl (C=O) groups is 2. The quantitative estimate of drug-likeness (QED) is 0.436. The Labute approximate surface area is 91.0 Å². The third-order valence-corrected chi connectivity index (χ3v) is 1.73. The zero-order valence-electron chi connectivity index (χ0n) is 8.50. The molecule has 1 aromatic carbocycles. The maximum absolute atomic E-state index is 11.4. The van der Waals surface area contributed by atoms with Crippen LogP contribution in [0, 0.1) is 10.1 Å². The van der Waals surface area contributed by atoms with Crippen LogP contribution in [0.1, 0.15) is 17.3 Å². The van der Waals surface area contributed by atoms with Crippen molar-refractivity contribution in [3.05, 3.63) is 39.9 Å². The summed E-state index contributed by atoms with van der Waals surface area (Å²) in [7, 11) is 0. The van der Waals surface area contributed by atoms with Gasteiger partial charge >= 0.3 is 5.97 Å². The number of hydrogen-bond donors (Lipinski definition) is 0. The number of nitro benzene ring substituents is 1. The number of esters is 1. The monoisotopic (exact) mass is 223 g/mol. The summed E-state index contributed by atoms with van der Waals surface area (Å²) in [6.45, 7) is 0.873. The average Bonchev–Trinajstić information content (AvgIpc) is 2.25. The van der Waals surface area contributed by atoms with Crippen LogP contribution in [0.15, 0.2) is 24.3 Å². The van der Waals surface area contributed by atoms with Crippen LogP contribution in [-0.4, -0.2) is 23.3 Å². The van der Waals surface area contributed by atoms with E-state index in [2.05, 4.69) is 4.74 Å². The van der Waals surface area contributed by atoms with E-state index in [9.17, 15) is 19.7 Å². The Kier molecular flexibility index (Phi) is 3.71. The summed E-state index contributed by atoms with van der Waals surface area (Å²) in [6.07, 6.45) is 0. The van der Waals surface area contributed by atoms with Crippen molar-refractivity contribution in [3.63, 3.8) is 0 Å². The van der Waals surface area contributed by atoms with E-state index in [-0.39, 0.29) is 23.6 Å². The number of ketones is 1. The number of nitro groups is 1. The van der Waals surface area contributed by atoms with Crippen LogP contribution in [0.4, 0.5) is 5.69 Å². The number of carbonyl (C=O) groups excluding carboxylic acids is 2. The van der Waals surface area contributed by atoms with Crippen LogP contribution in [0.25, 0.3) is 0 Å². The number of ether oxygens (including phenoxy) is 1. The van der Waals surface area contributed by atoms with Crippen molar-refractivity contribution in [1.82, 2.24) is 0 Å². The number of para-hydroxylation sites is 1. The lowest BCUT2D eigenvalue weighted by atomic mass is 10.2. The molecule has 0 fully saturated rings. The molecule has 0 aliphatic carbocycles. The minimum absolute atomic E-state index is 0.159. The summed E-state index contributed by atoms with van der Waals surface area (Å²) in [5.41, 5.74) is -0.496. The van der Waals surface area contributed by atoms with Crippen molar-refractivity contribution in [2.24, 2.45) is 0 Å². The lowest BCUT2D eigenvalue weighted by Gasteiger charge is -2.02. The molecular formula is C10H9NO5. The summed E-state index contributed by atoms with van der Waals surface area (Å²) in [5, 5.41) is 10.6. The molecule has 6 heteroatoms. The minimum atomic E-state index is -0.873. The smallest absolute Gasteiger partial charge is 0.345 e. The van der Waals surface area contributed by atoms with Crippen LogP contribution in [0.2, 0.25) is 0 Å². The van der Waals surface area contributed by atoms with Gasteiger partial charge in [0.05, 0.1) is 4.92 Å². The SMILES string of the molecule is CC(=O)COC(=O)c1ccccc1[N+](=O)[O-]. The van der Waals surface area contributed by atoms with Crippen molar-refractivity contribution in [1.29, 1.82) is 0 Å². The third kappa shape index (κ3) is 2.88. The second-order valence-corrected chi connectivity index (χ2v) is 3.05. The summed E-state index contributed by atoms with van der Waals surface area (Å²) in [6, 6.07) is 5.40. The average molecular weight is 223 g/mol. The van der Waals surface area contributed by atoms with E-state index < -0.39 is 10.9 Å². The van der Waals surface area contributed by atoms with Gasteiger partial charge in [0.25, 0.3) is 5.69 Å². The van der Waals surface area contributed by atoms with Gasteiger partial charge in [-0.1, -0.05) is 12.1 Å². The summed E-state index contributed by atoms with van der Waals surface area (Å²) >= 11 is 0. The first-order valence-electron chi connectivity index (χ1n) is 4.42. The van der Waals surface area contributed by atoms with E-state index in [0.717, 1.165) is 0 Å². The highest BCUT2D eigenvalue weighted by Crippen LogP contribution is 2.18. The third-order valence-electron chi connectivity index (χ3n) is 1.73. The van der Waals surface area contributed by atoms with E-state index in [0.29, 0.717) is 0 Å². The first kappa shape index (κ1) is 11.8. The molecule has 0 heterocycles. The second kappa shape index (κ2) is 5.01. The Bertz CT molecular complexity index is 441. The van der Waals surface area contributed by atoms with E-state index in [1.165, 1.54) is 31.2 Å². The fourth-order valence-corrected chi connectivity index (χ4v) is 1.05. The lowest BCUT2D eigenvalue weighted by molar-refractivity contribution is -0.385. The van der Waals surface area contributed by atoms with Crippen molar-refractivity contribution < 1.29 is 19.2 Å². The Balaban J connectivity index is 2.90. The van der Waals surface area contributed by atoms with E-state index in [1.54, 1.807) is 0 Å². The Morgan fingerprint density at radius 3 is 2.56 bits per heavy atom. The fourth-order valence-electron chi connectivity index (χ4n) is 1.05. The molecule has 0 radical (unpaired) electrons. The standard InChI is InChI=1S/C10H9NO5/c1-7(12)6-16-10(13)8-4-2-3-5-9(8)11(14)15/h2-5H,6H2,1H3. The van der Waals surface area contributed by atoms with Crippen molar-refractivity contribution >= 4 is 17.4 Å². The molecule has 0 N–H and O–H groups in total. The molecule has 0 unspecified atom stereocenters. The van der Waals surface area contributed by atoms with Gasteiger partial charge in [0.2, 0.25) is 0 Å². The zero-order chi connectivity index (χ0) is 12.1. The van der Waals surface area contributed by atoms with Gasteiger partial charge < -0.3 is 4.74 Å². The molecule has 0 saturated carbocycles. The molecule has 1 rings (SSSR count). The summed E-state index contributed by atoms with van der Waals surface area (Å²) in [5.74, 6) is -1.20. The molecular weight excluding hydrogens is 214 g/mol. The summed E-state index contributed by atoms with van der Waals surface area (Å²) < 4.78 is 4.59. The predicted molar refractivity (Wildman–Crippen MR) is 54.1 cm³/mol. The largest absolute Gasteiger partial charge is 0.454 e. The van der Waals surface area contributed by atoms with Crippen LogP contribution < -0.4 is 0 Å². The molecule has 0 atom stereocenters. The van der Waals surface area contributed by atoms with Gasteiger partial charge in [0.1, 0.15) is 12.2 Å². The van der Waals surface area contributed by atoms with Crippen LogP contribution in [-0.2, 0) is 9.53 Å². The van der Waals surface area contributed by atoms with Crippen molar-refractivity contribution in [2.75, 3.05) is 6.61 Å². The Morgan fingerprint density at radius 2 is 2.00 bits per heavy atom. The molecule has 6 nitrogen and oxygen atoms in total. The highest BCUT2D eigenvalue weighted by Gasteiger charge is 2.20. The summed E-state index contributed by atoms with van der Waals surface area (Å²) in [4.78, 5) is 31.9. The number of rotatable bonds is 4. The van der Waals surface area contributed by atoms with E-state index in [4.69, 9.17) is 0 Å². The van der Waals surface area contributed by atoms with Crippen LogP contribution in [0.5, 0.6) is 0 Å². The van der Waals surface area contributed by atoms with Gasteiger partial charge in [-0.3, -0.25) is 14.9 Å².